The van der Waals surface area contributed by atoms with Crippen LogP contribution >= 0.6 is 0 Å². The second-order valence-electron chi connectivity index (χ2n) is 4.56. The molecule has 0 saturated carbocycles. The van der Waals surface area contributed by atoms with E-state index >= 15 is 0 Å². The SMILES string of the molecule is CNC(C)(C)C(C)(C)N.O=C(O)CC(=O)O. The lowest BCUT2D eigenvalue weighted by molar-refractivity contribution is -0.147. The normalized spacial score (nSPS) is 11.4. The van der Waals surface area contributed by atoms with Crippen LogP contribution in [0, 0.1) is 0 Å². The van der Waals surface area contributed by atoms with Gasteiger partial charge in [-0.15, -0.1) is 0 Å². The highest BCUT2D eigenvalue weighted by atomic mass is 16.4. The standard InChI is InChI=1S/C7H18N2.C3H4O4/c1-6(2,8)7(3,4)9-5;4-2(5)1-3(6)7/h9H,8H2,1-5H3;1H2,(H,4,5)(H,6,7). The minimum Gasteiger partial charge on any atom is -0.481 e. The van der Waals surface area contributed by atoms with E-state index in [1.165, 1.54) is 0 Å². The van der Waals surface area contributed by atoms with Crippen molar-refractivity contribution in [2.75, 3.05) is 7.05 Å². The molecular formula is C10H22N2O4. The number of aliphatic carboxylic acids is 2. The summed E-state index contributed by atoms with van der Waals surface area (Å²) in [7, 11) is 1.93. The molecule has 0 radical (unpaired) electrons. The van der Waals surface area contributed by atoms with Gasteiger partial charge in [-0.05, 0) is 34.7 Å². The van der Waals surface area contributed by atoms with E-state index in [2.05, 4.69) is 19.2 Å². The molecule has 0 rings (SSSR count). The first kappa shape index (κ1) is 17.3. The third-order valence-electron chi connectivity index (χ3n) is 2.54. The first-order valence-corrected chi connectivity index (χ1v) is 4.85. The zero-order valence-electron chi connectivity index (χ0n) is 10.5. The molecule has 0 amide bonds. The molecule has 0 fully saturated rings. The van der Waals surface area contributed by atoms with Crippen LogP contribution in [-0.2, 0) is 9.59 Å². The van der Waals surface area contributed by atoms with Crippen molar-refractivity contribution in [3.8, 4) is 0 Å². The van der Waals surface area contributed by atoms with Crippen molar-refractivity contribution in [1.82, 2.24) is 5.32 Å². The summed E-state index contributed by atoms with van der Waals surface area (Å²) in [6.45, 7) is 8.22. The number of rotatable bonds is 4. The van der Waals surface area contributed by atoms with Crippen molar-refractivity contribution in [2.24, 2.45) is 5.73 Å². The quantitative estimate of drug-likeness (QED) is 0.519. The van der Waals surface area contributed by atoms with E-state index in [-0.39, 0.29) is 11.1 Å². The Morgan fingerprint density at radius 2 is 1.44 bits per heavy atom. The van der Waals surface area contributed by atoms with Gasteiger partial charge in [0.25, 0.3) is 0 Å². The Kier molecular flexibility index (Phi) is 6.95. The highest BCUT2D eigenvalue weighted by Gasteiger charge is 2.31. The van der Waals surface area contributed by atoms with Crippen molar-refractivity contribution in [3.05, 3.63) is 0 Å². The van der Waals surface area contributed by atoms with Gasteiger partial charge in [-0.1, -0.05) is 0 Å². The van der Waals surface area contributed by atoms with Crippen LogP contribution in [0.15, 0.2) is 0 Å². The second-order valence-corrected chi connectivity index (χ2v) is 4.56. The van der Waals surface area contributed by atoms with E-state index in [0.29, 0.717) is 0 Å². The molecule has 5 N–H and O–H groups in total. The maximum atomic E-state index is 9.43. The highest BCUT2D eigenvalue weighted by molar-refractivity contribution is 5.88. The Morgan fingerprint density at radius 1 is 1.12 bits per heavy atom. The van der Waals surface area contributed by atoms with E-state index in [4.69, 9.17) is 15.9 Å². The van der Waals surface area contributed by atoms with Crippen LogP contribution in [-0.4, -0.2) is 40.3 Å². The van der Waals surface area contributed by atoms with E-state index in [1.807, 2.05) is 20.9 Å². The fourth-order valence-electron chi connectivity index (χ4n) is 0.452. The van der Waals surface area contributed by atoms with Crippen molar-refractivity contribution in [1.29, 1.82) is 0 Å². The molecule has 0 unspecified atom stereocenters. The molecule has 0 spiro atoms. The summed E-state index contributed by atoms with van der Waals surface area (Å²) in [4.78, 5) is 18.9. The predicted octanol–water partition coefficient (Wildman–Crippen LogP) is 0.267. The number of carbonyl (C=O) groups is 2. The van der Waals surface area contributed by atoms with Gasteiger partial charge in [-0.3, -0.25) is 9.59 Å². The van der Waals surface area contributed by atoms with Gasteiger partial charge in [0.15, 0.2) is 0 Å². The van der Waals surface area contributed by atoms with E-state index in [9.17, 15) is 9.59 Å². The second kappa shape index (κ2) is 6.44. The Balaban J connectivity index is 0. The van der Waals surface area contributed by atoms with Gasteiger partial charge in [-0.25, -0.2) is 0 Å². The number of nitrogens with two attached hydrogens (primary N) is 1. The first-order chi connectivity index (χ1) is 6.94. The van der Waals surface area contributed by atoms with Gasteiger partial charge >= 0.3 is 11.9 Å². The average molecular weight is 234 g/mol. The van der Waals surface area contributed by atoms with Crippen molar-refractivity contribution in [2.45, 2.75) is 45.2 Å². The molecule has 0 aromatic heterocycles. The topological polar surface area (TPSA) is 113 Å². The molecule has 96 valence electrons. The summed E-state index contributed by atoms with van der Waals surface area (Å²) < 4.78 is 0. The highest BCUT2D eigenvalue weighted by Crippen LogP contribution is 2.16. The fourth-order valence-corrected chi connectivity index (χ4v) is 0.452. The van der Waals surface area contributed by atoms with Gasteiger partial charge in [0.05, 0.1) is 0 Å². The van der Waals surface area contributed by atoms with Gasteiger partial charge in [0, 0.05) is 11.1 Å². The largest absolute Gasteiger partial charge is 0.481 e. The molecule has 0 aromatic rings. The lowest BCUT2D eigenvalue weighted by atomic mass is 9.84. The molecular weight excluding hydrogens is 212 g/mol. The van der Waals surface area contributed by atoms with Crippen LogP contribution in [0.1, 0.15) is 34.1 Å². The molecule has 16 heavy (non-hydrogen) atoms. The van der Waals surface area contributed by atoms with Gasteiger partial charge in [0.2, 0.25) is 0 Å². The van der Waals surface area contributed by atoms with Crippen molar-refractivity contribution < 1.29 is 19.8 Å². The summed E-state index contributed by atoms with van der Waals surface area (Å²) in [6.07, 6.45) is -0.806. The molecule has 6 nitrogen and oxygen atoms in total. The van der Waals surface area contributed by atoms with E-state index in [1.54, 1.807) is 0 Å². The minimum absolute atomic E-state index is 0.00694. The number of carboxylic acids is 2. The molecule has 0 aliphatic carbocycles. The number of hydrogen-bond donors (Lipinski definition) is 4. The van der Waals surface area contributed by atoms with Crippen molar-refractivity contribution >= 4 is 11.9 Å². The molecule has 6 heteroatoms. The molecule has 0 heterocycles. The molecule has 0 aliphatic rings. The fraction of sp³-hybridized carbons (Fsp3) is 0.800. The maximum absolute atomic E-state index is 9.43. The lowest BCUT2D eigenvalue weighted by Crippen LogP contribution is -2.59. The molecule has 0 saturated heterocycles. The molecule has 0 aliphatic heterocycles. The van der Waals surface area contributed by atoms with Crippen LogP contribution in [0.2, 0.25) is 0 Å². The van der Waals surface area contributed by atoms with Gasteiger partial charge in [0.1, 0.15) is 6.42 Å². The van der Waals surface area contributed by atoms with Crippen LogP contribution < -0.4 is 11.1 Å². The van der Waals surface area contributed by atoms with Crippen LogP contribution in [0.5, 0.6) is 0 Å². The summed E-state index contributed by atoms with van der Waals surface area (Å²) in [5.41, 5.74) is 5.70. The Labute approximate surface area is 95.8 Å². The summed E-state index contributed by atoms with van der Waals surface area (Å²) in [5, 5.41) is 18.6. The number of nitrogens with one attached hydrogen (secondary N) is 1. The first-order valence-electron chi connectivity index (χ1n) is 4.85. The maximum Gasteiger partial charge on any atom is 0.314 e. The minimum atomic E-state index is -1.31. The smallest absolute Gasteiger partial charge is 0.314 e. The number of likely N-dealkylation sites (N-methyl/N-ethyl adjacent to an activating group) is 1. The van der Waals surface area contributed by atoms with Gasteiger partial charge in [-0.2, -0.15) is 0 Å². The average Bonchev–Trinajstić information content (AvgIpc) is 2.00. The Morgan fingerprint density at radius 3 is 1.44 bits per heavy atom. The molecule has 0 bridgehead atoms. The van der Waals surface area contributed by atoms with Crippen LogP contribution in [0.3, 0.4) is 0 Å². The van der Waals surface area contributed by atoms with E-state index < -0.39 is 18.4 Å². The number of carboxylic acid groups (broad SMARTS) is 2. The van der Waals surface area contributed by atoms with Gasteiger partial charge < -0.3 is 21.3 Å². The Hall–Kier alpha value is -1.14. The summed E-state index contributed by atoms with van der Waals surface area (Å²) in [5.74, 6) is -2.62. The zero-order chi connectivity index (χ0) is 13.6. The van der Waals surface area contributed by atoms with E-state index in [0.717, 1.165) is 0 Å². The third kappa shape index (κ3) is 8.19. The molecule has 0 atom stereocenters. The van der Waals surface area contributed by atoms with Crippen LogP contribution in [0.25, 0.3) is 0 Å². The summed E-state index contributed by atoms with van der Waals surface area (Å²) >= 11 is 0. The van der Waals surface area contributed by atoms with Crippen molar-refractivity contribution in [3.63, 3.8) is 0 Å². The number of hydrogen-bond acceptors (Lipinski definition) is 4. The predicted molar refractivity (Wildman–Crippen MR) is 61.3 cm³/mol. The monoisotopic (exact) mass is 234 g/mol. The Bertz CT molecular complexity index is 232. The lowest BCUT2D eigenvalue weighted by Gasteiger charge is -2.38. The third-order valence-corrected chi connectivity index (χ3v) is 2.54. The summed E-state index contributed by atoms with van der Waals surface area (Å²) in [6, 6.07) is 0. The molecule has 0 aromatic carbocycles. The van der Waals surface area contributed by atoms with Crippen LogP contribution in [0.4, 0.5) is 0 Å². The zero-order valence-corrected chi connectivity index (χ0v) is 10.5.